The molecular weight excluding hydrogens is 261 g/mol. The maximum atomic E-state index is 6.12. The van der Waals surface area contributed by atoms with E-state index in [1.165, 1.54) is 5.56 Å². The van der Waals surface area contributed by atoms with Gasteiger partial charge >= 0.3 is 0 Å². The Bertz CT molecular complexity index is 462. The van der Waals surface area contributed by atoms with E-state index in [-0.39, 0.29) is 0 Å². The first kappa shape index (κ1) is 9.81. The van der Waals surface area contributed by atoms with Crippen LogP contribution in [0.4, 0.5) is 0 Å². The normalized spacial score (nSPS) is 10.5. The van der Waals surface area contributed by atoms with Crippen molar-refractivity contribution in [2.45, 2.75) is 6.92 Å². The van der Waals surface area contributed by atoms with Crippen LogP contribution in [0.2, 0.25) is 5.02 Å². The number of aromatic amines is 1. The molecule has 1 nitrogen and oxygen atoms in total. The number of aromatic nitrogens is 1. The third-order valence-corrected chi connectivity index (χ3v) is 2.85. The van der Waals surface area contributed by atoms with Gasteiger partial charge in [-0.25, -0.2) is 0 Å². The summed E-state index contributed by atoms with van der Waals surface area (Å²) in [4.78, 5) is 3.18. The summed E-state index contributed by atoms with van der Waals surface area (Å²) in [6.45, 7) is 2.05. The quantitative estimate of drug-likeness (QED) is 0.790. The van der Waals surface area contributed by atoms with Gasteiger partial charge in [0.1, 0.15) is 0 Å². The standard InChI is InChI=1S/C11H9BrClN/c1-7-4-11(14-6-7)9-3-2-8(12)5-10(9)13/h2-6,14H,1H3. The van der Waals surface area contributed by atoms with Gasteiger partial charge in [-0.05, 0) is 30.7 Å². The minimum absolute atomic E-state index is 0.751. The fraction of sp³-hybridized carbons (Fsp3) is 0.0909. The zero-order valence-corrected chi connectivity index (χ0v) is 9.98. The van der Waals surface area contributed by atoms with Crippen LogP contribution in [0.1, 0.15) is 5.56 Å². The third-order valence-electron chi connectivity index (χ3n) is 2.05. The molecule has 0 spiro atoms. The van der Waals surface area contributed by atoms with Crippen LogP contribution in [0.15, 0.2) is 34.9 Å². The Morgan fingerprint density at radius 1 is 1.29 bits per heavy atom. The molecule has 1 aromatic carbocycles. The molecule has 2 rings (SSSR count). The first-order valence-electron chi connectivity index (χ1n) is 4.27. The molecule has 3 heteroatoms. The highest BCUT2D eigenvalue weighted by molar-refractivity contribution is 9.10. The summed E-state index contributed by atoms with van der Waals surface area (Å²) in [7, 11) is 0. The van der Waals surface area contributed by atoms with E-state index in [9.17, 15) is 0 Å². The first-order chi connectivity index (χ1) is 6.66. The van der Waals surface area contributed by atoms with Crippen LogP contribution in [0.25, 0.3) is 11.3 Å². The van der Waals surface area contributed by atoms with Gasteiger partial charge < -0.3 is 4.98 Å². The molecular formula is C11H9BrClN. The van der Waals surface area contributed by atoms with Crippen LogP contribution >= 0.6 is 27.5 Å². The van der Waals surface area contributed by atoms with Crippen LogP contribution in [-0.4, -0.2) is 4.98 Å². The first-order valence-corrected chi connectivity index (χ1v) is 5.44. The minimum Gasteiger partial charge on any atom is -0.361 e. The molecule has 0 fully saturated rings. The fourth-order valence-electron chi connectivity index (χ4n) is 1.37. The Kier molecular flexibility index (Phi) is 2.66. The topological polar surface area (TPSA) is 15.8 Å². The van der Waals surface area contributed by atoms with Crippen LogP contribution in [0.5, 0.6) is 0 Å². The molecule has 0 aliphatic rings. The summed E-state index contributed by atoms with van der Waals surface area (Å²) < 4.78 is 0.995. The molecule has 2 aromatic rings. The highest BCUT2D eigenvalue weighted by atomic mass is 79.9. The molecule has 0 atom stereocenters. The minimum atomic E-state index is 0.751. The molecule has 14 heavy (non-hydrogen) atoms. The van der Waals surface area contributed by atoms with Crippen LogP contribution in [0, 0.1) is 6.92 Å². The van der Waals surface area contributed by atoms with E-state index in [1.807, 2.05) is 31.3 Å². The Balaban J connectivity index is 2.52. The second-order valence-electron chi connectivity index (χ2n) is 3.21. The van der Waals surface area contributed by atoms with Gasteiger partial charge in [-0.3, -0.25) is 0 Å². The van der Waals surface area contributed by atoms with Crippen LogP contribution in [-0.2, 0) is 0 Å². The summed E-state index contributed by atoms with van der Waals surface area (Å²) in [5.41, 5.74) is 3.29. The second-order valence-corrected chi connectivity index (χ2v) is 4.54. The monoisotopic (exact) mass is 269 g/mol. The SMILES string of the molecule is Cc1c[nH]c(-c2ccc(Br)cc2Cl)c1. The number of hydrogen-bond donors (Lipinski definition) is 1. The largest absolute Gasteiger partial charge is 0.361 e. The highest BCUT2D eigenvalue weighted by Crippen LogP contribution is 2.29. The molecule has 0 unspecified atom stereocenters. The van der Waals surface area contributed by atoms with Gasteiger partial charge in [0.05, 0.1) is 5.02 Å². The molecule has 0 amide bonds. The van der Waals surface area contributed by atoms with Crippen LogP contribution < -0.4 is 0 Å². The third kappa shape index (κ3) is 1.86. The average Bonchev–Trinajstić information content (AvgIpc) is 2.51. The number of nitrogens with one attached hydrogen (secondary N) is 1. The summed E-state index contributed by atoms with van der Waals surface area (Å²) in [5.74, 6) is 0. The second kappa shape index (κ2) is 3.79. The Morgan fingerprint density at radius 3 is 2.64 bits per heavy atom. The summed E-state index contributed by atoms with van der Waals surface area (Å²) >= 11 is 9.50. The van der Waals surface area contributed by atoms with Crippen molar-refractivity contribution in [3.05, 3.63) is 45.5 Å². The van der Waals surface area contributed by atoms with Crippen LogP contribution in [0.3, 0.4) is 0 Å². The molecule has 0 radical (unpaired) electrons. The molecule has 0 aliphatic carbocycles. The lowest BCUT2D eigenvalue weighted by molar-refractivity contribution is 1.38. The number of halogens is 2. The predicted octanol–water partition coefficient (Wildman–Crippen LogP) is 4.41. The van der Waals surface area contributed by atoms with Crippen molar-refractivity contribution in [2.75, 3.05) is 0 Å². The maximum Gasteiger partial charge on any atom is 0.0510 e. The number of aryl methyl sites for hydroxylation is 1. The average molecular weight is 271 g/mol. The Morgan fingerprint density at radius 2 is 2.07 bits per heavy atom. The lowest BCUT2D eigenvalue weighted by Gasteiger charge is -2.01. The van der Waals surface area contributed by atoms with Gasteiger partial charge in [0.15, 0.2) is 0 Å². The molecule has 0 saturated heterocycles. The summed E-state index contributed by atoms with van der Waals surface area (Å²) in [6, 6.07) is 7.96. The molecule has 1 N–H and O–H groups in total. The summed E-state index contributed by atoms with van der Waals surface area (Å²) in [6.07, 6.45) is 1.97. The predicted molar refractivity (Wildman–Crippen MR) is 63.7 cm³/mol. The van der Waals surface area contributed by atoms with Crippen molar-refractivity contribution in [1.82, 2.24) is 4.98 Å². The van der Waals surface area contributed by atoms with Gasteiger partial charge in [-0.2, -0.15) is 0 Å². The van der Waals surface area contributed by atoms with Crippen molar-refractivity contribution in [3.8, 4) is 11.3 Å². The molecule has 1 heterocycles. The van der Waals surface area contributed by atoms with Gasteiger partial charge in [0.2, 0.25) is 0 Å². The van der Waals surface area contributed by atoms with Crippen molar-refractivity contribution in [2.24, 2.45) is 0 Å². The van der Waals surface area contributed by atoms with Gasteiger partial charge in [-0.1, -0.05) is 33.6 Å². The van der Waals surface area contributed by atoms with E-state index in [0.29, 0.717) is 0 Å². The molecule has 0 bridgehead atoms. The smallest absolute Gasteiger partial charge is 0.0510 e. The van der Waals surface area contributed by atoms with E-state index in [4.69, 9.17) is 11.6 Å². The number of rotatable bonds is 1. The molecule has 72 valence electrons. The Labute approximate surface area is 96.2 Å². The van der Waals surface area contributed by atoms with E-state index < -0.39 is 0 Å². The summed E-state index contributed by atoms with van der Waals surface area (Å²) in [5, 5.41) is 0.751. The fourth-order valence-corrected chi connectivity index (χ4v) is 2.14. The number of H-pyrrole nitrogens is 1. The number of hydrogen-bond acceptors (Lipinski definition) is 0. The Hall–Kier alpha value is -0.730. The zero-order valence-electron chi connectivity index (χ0n) is 7.64. The zero-order chi connectivity index (χ0) is 10.1. The molecule has 1 aromatic heterocycles. The lowest BCUT2D eigenvalue weighted by Crippen LogP contribution is -1.78. The van der Waals surface area contributed by atoms with E-state index >= 15 is 0 Å². The maximum absolute atomic E-state index is 6.12. The van der Waals surface area contributed by atoms with E-state index in [0.717, 1.165) is 20.8 Å². The van der Waals surface area contributed by atoms with Crippen molar-refractivity contribution in [1.29, 1.82) is 0 Å². The van der Waals surface area contributed by atoms with E-state index in [1.54, 1.807) is 0 Å². The molecule has 0 saturated carbocycles. The van der Waals surface area contributed by atoms with Gasteiger partial charge in [0, 0.05) is 21.9 Å². The molecule has 0 aliphatic heterocycles. The van der Waals surface area contributed by atoms with Crippen molar-refractivity contribution < 1.29 is 0 Å². The van der Waals surface area contributed by atoms with Crippen molar-refractivity contribution in [3.63, 3.8) is 0 Å². The van der Waals surface area contributed by atoms with Gasteiger partial charge in [0.25, 0.3) is 0 Å². The lowest BCUT2D eigenvalue weighted by atomic mass is 10.1. The van der Waals surface area contributed by atoms with Crippen molar-refractivity contribution >= 4 is 27.5 Å². The highest BCUT2D eigenvalue weighted by Gasteiger charge is 2.04. The van der Waals surface area contributed by atoms with E-state index in [2.05, 4.69) is 27.0 Å². The number of benzene rings is 1. The van der Waals surface area contributed by atoms with Gasteiger partial charge in [-0.15, -0.1) is 0 Å².